The Labute approximate surface area is 76.6 Å². The molecule has 1 aromatic rings. The molecule has 3 heteroatoms. The van der Waals surface area contributed by atoms with E-state index in [-0.39, 0.29) is 0 Å². The zero-order chi connectivity index (χ0) is 8.97. The number of rotatable bonds is 2. The second-order valence-electron chi connectivity index (χ2n) is 2.38. The van der Waals surface area contributed by atoms with Crippen LogP contribution in [0.25, 0.3) is 0 Å². The Morgan fingerprint density at radius 1 is 1.58 bits per heavy atom. The number of nitriles is 1. The van der Waals surface area contributed by atoms with E-state index in [1.807, 2.05) is 13.0 Å². The minimum Gasteiger partial charge on any atom is -0.247 e. The monoisotopic (exact) mass is 178 g/mol. The molecule has 12 heavy (non-hydrogen) atoms. The fraction of sp³-hybridized carbons (Fsp3) is 0.333. The predicted molar refractivity (Wildman–Crippen MR) is 50.1 cm³/mol. The Balaban J connectivity index is 3.00. The first-order valence-electron chi connectivity index (χ1n) is 3.78. The normalized spacial score (nSPS) is 9.42. The molecule has 0 saturated carbocycles. The minimum atomic E-state index is 0.693. The van der Waals surface area contributed by atoms with Gasteiger partial charge in [0.05, 0.1) is 16.7 Å². The van der Waals surface area contributed by atoms with E-state index in [2.05, 4.69) is 18.0 Å². The molecule has 1 rings (SSSR count). The molecule has 1 aromatic heterocycles. The van der Waals surface area contributed by atoms with Gasteiger partial charge in [0.25, 0.3) is 0 Å². The summed E-state index contributed by atoms with van der Waals surface area (Å²) in [4.78, 5) is 4.28. The summed E-state index contributed by atoms with van der Waals surface area (Å²) in [5, 5.41) is 9.61. The molecule has 0 aromatic carbocycles. The van der Waals surface area contributed by atoms with Gasteiger partial charge in [0, 0.05) is 5.69 Å². The fourth-order valence-electron chi connectivity index (χ4n) is 0.924. The van der Waals surface area contributed by atoms with Crippen molar-refractivity contribution in [3.05, 3.63) is 23.4 Å². The summed E-state index contributed by atoms with van der Waals surface area (Å²) in [5.41, 5.74) is 1.60. The molecule has 0 amide bonds. The summed E-state index contributed by atoms with van der Waals surface area (Å²) < 4.78 is 0. The zero-order valence-corrected chi connectivity index (χ0v) is 7.98. The summed E-state index contributed by atoms with van der Waals surface area (Å²) in [6, 6.07) is 5.73. The molecule has 0 unspecified atom stereocenters. The van der Waals surface area contributed by atoms with Gasteiger partial charge in [-0.1, -0.05) is 6.92 Å². The number of aromatic nitrogens is 1. The van der Waals surface area contributed by atoms with E-state index in [1.165, 1.54) is 0 Å². The lowest BCUT2D eigenvalue weighted by molar-refractivity contribution is 1.06. The number of pyridine rings is 1. The fourth-order valence-corrected chi connectivity index (χ4v) is 1.64. The van der Waals surface area contributed by atoms with Crippen LogP contribution in [0.2, 0.25) is 0 Å². The lowest BCUT2D eigenvalue weighted by Gasteiger charge is -1.99. The number of nitrogens with zero attached hydrogens (tertiary/aromatic N) is 2. The molecule has 62 valence electrons. The number of thioether (sulfide) groups is 1. The summed E-state index contributed by atoms with van der Waals surface area (Å²) in [5.74, 6) is 0.987. The maximum absolute atomic E-state index is 8.67. The first-order valence-corrected chi connectivity index (χ1v) is 4.76. The number of hydrogen-bond donors (Lipinski definition) is 0. The van der Waals surface area contributed by atoms with Gasteiger partial charge in [-0.15, -0.1) is 11.8 Å². The molecule has 2 nitrogen and oxygen atoms in total. The third-order valence-corrected chi connectivity index (χ3v) is 2.14. The molecule has 0 N–H and O–H groups in total. The molecule has 0 radical (unpaired) electrons. The lowest BCUT2D eigenvalue weighted by atomic mass is 10.2. The Morgan fingerprint density at radius 2 is 2.33 bits per heavy atom. The van der Waals surface area contributed by atoms with Crippen molar-refractivity contribution in [1.29, 1.82) is 5.26 Å². The van der Waals surface area contributed by atoms with E-state index in [9.17, 15) is 0 Å². The number of hydrogen-bond acceptors (Lipinski definition) is 3. The van der Waals surface area contributed by atoms with E-state index in [1.54, 1.807) is 17.8 Å². The van der Waals surface area contributed by atoms with Crippen LogP contribution in [0, 0.1) is 18.3 Å². The maximum atomic E-state index is 8.67. The second kappa shape index (κ2) is 4.13. The SMILES string of the molecule is CCSc1cc(C#N)cc(C)n1. The van der Waals surface area contributed by atoms with E-state index in [4.69, 9.17) is 5.26 Å². The highest BCUT2D eigenvalue weighted by Crippen LogP contribution is 2.16. The molecular weight excluding hydrogens is 168 g/mol. The van der Waals surface area contributed by atoms with Gasteiger partial charge in [0.15, 0.2) is 0 Å². The second-order valence-corrected chi connectivity index (χ2v) is 3.66. The molecule has 1 heterocycles. The van der Waals surface area contributed by atoms with Crippen molar-refractivity contribution < 1.29 is 0 Å². The average molecular weight is 178 g/mol. The highest BCUT2D eigenvalue weighted by atomic mass is 32.2. The van der Waals surface area contributed by atoms with Crippen molar-refractivity contribution in [1.82, 2.24) is 4.98 Å². The van der Waals surface area contributed by atoms with Gasteiger partial charge in [0.1, 0.15) is 0 Å². The van der Waals surface area contributed by atoms with Crippen molar-refractivity contribution in [2.24, 2.45) is 0 Å². The molecule has 0 spiro atoms. The molecule has 0 fully saturated rings. The van der Waals surface area contributed by atoms with Gasteiger partial charge >= 0.3 is 0 Å². The third kappa shape index (κ3) is 2.24. The van der Waals surface area contributed by atoms with Gasteiger partial charge in [-0.3, -0.25) is 0 Å². The van der Waals surface area contributed by atoms with Crippen molar-refractivity contribution in [3.8, 4) is 6.07 Å². The van der Waals surface area contributed by atoms with Crippen LogP contribution < -0.4 is 0 Å². The van der Waals surface area contributed by atoms with E-state index in [0.717, 1.165) is 16.5 Å². The van der Waals surface area contributed by atoms with Gasteiger partial charge < -0.3 is 0 Å². The largest absolute Gasteiger partial charge is 0.247 e. The van der Waals surface area contributed by atoms with Crippen LogP contribution in [-0.4, -0.2) is 10.7 Å². The van der Waals surface area contributed by atoms with Crippen LogP contribution in [0.4, 0.5) is 0 Å². The first kappa shape index (κ1) is 9.08. The molecule has 0 aliphatic heterocycles. The van der Waals surface area contributed by atoms with Crippen LogP contribution in [0.1, 0.15) is 18.2 Å². The highest BCUT2D eigenvalue weighted by Gasteiger charge is 1.98. The Morgan fingerprint density at radius 3 is 2.92 bits per heavy atom. The van der Waals surface area contributed by atoms with Crippen LogP contribution in [-0.2, 0) is 0 Å². The van der Waals surface area contributed by atoms with Crippen molar-refractivity contribution in [2.45, 2.75) is 18.9 Å². The average Bonchev–Trinajstić information content (AvgIpc) is 2.04. The predicted octanol–water partition coefficient (Wildman–Crippen LogP) is 2.37. The van der Waals surface area contributed by atoms with Crippen molar-refractivity contribution in [2.75, 3.05) is 5.75 Å². The Hall–Kier alpha value is -1.01. The minimum absolute atomic E-state index is 0.693. The van der Waals surface area contributed by atoms with Gasteiger partial charge in [-0.05, 0) is 24.8 Å². The zero-order valence-electron chi connectivity index (χ0n) is 7.16. The third-order valence-electron chi connectivity index (χ3n) is 1.35. The summed E-state index contributed by atoms with van der Waals surface area (Å²) >= 11 is 1.66. The molecule has 0 bridgehead atoms. The van der Waals surface area contributed by atoms with Crippen LogP contribution in [0.15, 0.2) is 17.2 Å². The molecule has 0 atom stereocenters. The van der Waals surface area contributed by atoms with Crippen LogP contribution in [0.3, 0.4) is 0 Å². The molecule has 0 aliphatic rings. The Kier molecular flexibility index (Phi) is 3.12. The van der Waals surface area contributed by atoms with Gasteiger partial charge in [-0.25, -0.2) is 4.98 Å². The van der Waals surface area contributed by atoms with E-state index < -0.39 is 0 Å². The molecule has 0 aliphatic carbocycles. The van der Waals surface area contributed by atoms with E-state index in [0.29, 0.717) is 5.56 Å². The van der Waals surface area contributed by atoms with Crippen LogP contribution >= 0.6 is 11.8 Å². The topological polar surface area (TPSA) is 36.7 Å². The van der Waals surface area contributed by atoms with E-state index >= 15 is 0 Å². The van der Waals surface area contributed by atoms with Crippen molar-refractivity contribution in [3.63, 3.8) is 0 Å². The smallest absolute Gasteiger partial charge is 0.0993 e. The molecular formula is C9H10N2S. The lowest BCUT2D eigenvalue weighted by Crippen LogP contribution is -1.87. The standard InChI is InChI=1S/C9H10N2S/c1-3-12-9-5-8(6-10)4-7(2)11-9/h4-5H,3H2,1-2H3. The summed E-state index contributed by atoms with van der Waals surface area (Å²) in [6.07, 6.45) is 0. The van der Waals surface area contributed by atoms with Gasteiger partial charge in [-0.2, -0.15) is 5.26 Å². The Bertz CT molecular complexity index is 315. The van der Waals surface area contributed by atoms with Crippen molar-refractivity contribution >= 4 is 11.8 Å². The maximum Gasteiger partial charge on any atom is 0.0993 e. The number of aryl methyl sites for hydroxylation is 1. The first-order chi connectivity index (χ1) is 5.76. The van der Waals surface area contributed by atoms with Gasteiger partial charge in [0.2, 0.25) is 0 Å². The highest BCUT2D eigenvalue weighted by molar-refractivity contribution is 7.99. The summed E-state index contributed by atoms with van der Waals surface area (Å²) in [6.45, 7) is 3.97. The van der Waals surface area contributed by atoms with Crippen LogP contribution in [0.5, 0.6) is 0 Å². The quantitative estimate of drug-likeness (QED) is 0.652. The summed E-state index contributed by atoms with van der Waals surface area (Å²) in [7, 11) is 0. The molecule has 0 saturated heterocycles.